The minimum absolute atomic E-state index is 0.0858. The maximum atomic E-state index is 11.6. The lowest BCUT2D eigenvalue weighted by atomic mass is 10.3. The Labute approximate surface area is 142 Å². The Balaban J connectivity index is 2.19. The van der Waals surface area contributed by atoms with Gasteiger partial charge in [-0.05, 0) is 24.3 Å². The zero-order chi connectivity index (χ0) is 17.7. The quantitative estimate of drug-likeness (QED) is 0.916. The van der Waals surface area contributed by atoms with Crippen LogP contribution in [0, 0.1) is 22.7 Å². The number of benzene rings is 1. The molecule has 0 aliphatic heterocycles. The summed E-state index contributed by atoms with van der Waals surface area (Å²) in [4.78, 5) is 20.6. The second-order valence-electron chi connectivity index (χ2n) is 4.69. The molecule has 0 fully saturated rings. The van der Waals surface area contributed by atoms with Gasteiger partial charge in [0.05, 0.1) is 0 Å². The van der Waals surface area contributed by atoms with E-state index < -0.39 is 0 Å². The van der Waals surface area contributed by atoms with E-state index >= 15 is 0 Å². The third-order valence-electron chi connectivity index (χ3n) is 2.76. The molecular weight excluding hydrogens is 332 g/mol. The van der Waals surface area contributed by atoms with E-state index in [1.807, 2.05) is 0 Å². The summed E-state index contributed by atoms with van der Waals surface area (Å²) in [5.41, 5.74) is 0.235. The van der Waals surface area contributed by atoms with E-state index in [0.29, 0.717) is 11.4 Å². The number of carbonyl (C=O) groups excluding carboxylic acids is 1. The Morgan fingerprint density at radius 1 is 1.17 bits per heavy atom. The van der Waals surface area contributed by atoms with Gasteiger partial charge in [0.2, 0.25) is 0 Å². The Hall–Kier alpha value is -3.36. The molecule has 8 nitrogen and oxygen atoms in total. The van der Waals surface area contributed by atoms with Gasteiger partial charge in [0.1, 0.15) is 17.9 Å². The van der Waals surface area contributed by atoms with Gasteiger partial charge in [0, 0.05) is 19.8 Å². The van der Waals surface area contributed by atoms with Crippen LogP contribution in [0.25, 0.3) is 0 Å². The van der Waals surface area contributed by atoms with Crippen LogP contribution < -0.4 is 10.1 Å². The summed E-state index contributed by atoms with van der Waals surface area (Å²) in [7, 11) is 3.26. The molecule has 0 aliphatic rings. The van der Waals surface area contributed by atoms with Crippen LogP contribution in [0.3, 0.4) is 0 Å². The lowest BCUT2D eigenvalue weighted by Gasteiger charge is -2.12. The van der Waals surface area contributed by atoms with Crippen molar-refractivity contribution in [2.45, 2.75) is 0 Å². The lowest BCUT2D eigenvalue weighted by molar-refractivity contribution is 0.230. The number of ether oxygens (including phenoxy) is 1. The number of aromatic nitrogens is 2. The van der Waals surface area contributed by atoms with Crippen LogP contribution in [0.5, 0.6) is 11.6 Å². The predicted octanol–water partition coefficient (Wildman–Crippen LogP) is 2.76. The van der Waals surface area contributed by atoms with E-state index in [1.54, 1.807) is 50.5 Å². The monoisotopic (exact) mass is 342 g/mol. The van der Waals surface area contributed by atoms with Gasteiger partial charge < -0.3 is 15.0 Å². The number of hydrogen-bond donors (Lipinski definition) is 1. The van der Waals surface area contributed by atoms with Crippen molar-refractivity contribution in [2.75, 3.05) is 19.4 Å². The van der Waals surface area contributed by atoms with Gasteiger partial charge in [-0.3, -0.25) is 0 Å². The Morgan fingerprint density at radius 3 is 2.29 bits per heavy atom. The average molecular weight is 343 g/mol. The van der Waals surface area contributed by atoms with E-state index in [0.717, 1.165) is 0 Å². The highest BCUT2D eigenvalue weighted by molar-refractivity contribution is 6.30. The normalized spacial score (nSPS) is 9.54. The maximum Gasteiger partial charge on any atom is 0.321 e. The van der Waals surface area contributed by atoms with E-state index in [-0.39, 0.29) is 28.5 Å². The SMILES string of the molecule is CN(C)C(=O)Nc1ccc(Oc2nc(C#N)c(C#N)nc2Cl)cc1. The number of nitriles is 2. The number of anilines is 1. The molecule has 0 bridgehead atoms. The molecule has 24 heavy (non-hydrogen) atoms. The van der Waals surface area contributed by atoms with Crippen molar-refractivity contribution >= 4 is 23.3 Å². The molecule has 0 atom stereocenters. The summed E-state index contributed by atoms with van der Waals surface area (Å²) >= 11 is 5.90. The first-order valence-electron chi connectivity index (χ1n) is 6.58. The molecule has 1 aromatic carbocycles. The van der Waals surface area contributed by atoms with Gasteiger partial charge in [0.25, 0.3) is 5.88 Å². The third-order valence-corrected chi connectivity index (χ3v) is 3.01. The van der Waals surface area contributed by atoms with E-state index in [2.05, 4.69) is 15.3 Å². The molecule has 2 rings (SSSR count). The first kappa shape index (κ1) is 17.0. The van der Waals surface area contributed by atoms with Gasteiger partial charge in [-0.1, -0.05) is 11.6 Å². The number of nitrogens with one attached hydrogen (secondary N) is 1. The third kappa shape index (κ3) is 3.88. The van der Waals surface area contributed by atoms with Crippen LogP contribution in [0.1, 0.15) is 11.4 Å². The molecule has 1 N–H and O–H groups in total. The van der Waals surface area contributed by atoms with Crippen molar-refractivity contribution in [3.8, 4) is 23.8 Å². The summed E-state index contributed by atoms with van der Waals surface area (Å²) < 4.78 is 5.47. The number of halogens is 1. The van der Waals surface area contributed by atoms with Gasteiger partial charge in [-0.25, -0.2) is 9.78 Å². The van der Waals surface area contributed by atoms with Crippen LogP contribution in [0.15, 0.2) is 24.3 Å². The number of rotatable bonds is 3. The Kier molecular flexibility index (Phi) is 5.15. The molecule has 2 amide bonds. The highest BCUT2D eigenvalue weighted by Crippen LogP contribution is 2.27. The van der Waals surface area contributed by atoms with Gasteiger partial charge in [0.15, 0.2) is 16.5 Å². The molecule has 0 saturated carbocycles. The van der Waals surface area contributed by atoms with Crippen LogP contribution >= 0.6 is 11.6 Å². The van der Waals surface area contributed by atoms with Crippen molar-refractivity contribution in [2.24, 2.45) is 0 Å². The smallest absolute Gasteiger partial charge is 0.321 e. The summed E-state index contributed by atoms with van der Waals surface area (Å²) in [5.74, 6) is 0.292. The van der Waals surface area contributed by atoms with Gasteiger partial charge in [-0.15, -0.1) is 0 Å². The zero-order valence-corrected chi connectivity index (χ0v) is 13.5. The van der Waals surface area contributed by atoms with Crippen LogP contribution in [-0.2, 0) is 0 Å². The molecule has 0 spiro atoms. The second kappa shape index (κ2) is 7.27. The van der Waals surface area contributed by atoms with Crippen molar-refractivity contribution in [1.82, 2.24) is 14.9 Å². The number of carbonyl (C=O) groups is 1. The highest BCUT2D eigenvalue weighted by atomic mass is 35.5. The summed E-state index contributed by atoms with van der Waals surface area (Å²) in [5, 5.41) is 20.4. The summed E-state index contributed by atoms with van der Waals surface area (Å²) in [6.45, 7) is 0. The van der Waals surface area contributed by atoms with Crippen molar-refractivity contribution < 1.29 is 9.53 Å². The zero-order valence-electron chi connectivity index (χ0n) is 12.7. The molecule has 0 aliphatic carbocycles. The number of urea groups is 1. The fraction of sp³-hybridized carbons (Fsp3) is 0.133. The summed E-state index contributed by atoms with van der Waals surface area (Å²) in [6.07, 6.45) is 0. The van der Waals surface area contributed by atoms with E-state index in [4.69, 9.17) is 26.9 Å². The number of nitrogens with zero attached hydrogens (tertiary/aromatic N) is 5. The largest absolute Gasteiger partial charge is 0.436 e. The average Bonchev–Trinajstić information content (AvgIpc) is 2.57. The van der Waals surface area contributed by atoms with Gasteiger partial charge in [-0.2, -0.15) is 15.5 Å². The minimum Gasteiger partial charge on any atom is -0.436 e. The maximum absolute atomic E-state index is 11.6. The Bertz CT molecular complexity index is 852. The lowest BCUT2D eigenvalue weighted by Crippen LogP contribution is -2.27. The minimum atomic E-state index is -0.261. The van der Waals surface area contributed by atoms with Crippen LogP contribution in [-0.4, -0.2) is 35.0 Å². The first-order chi connectivity index (χ1) is 11.4. The standard InChI is InChI=1S/C15H11ClN6O2/c1-22(2)15(23)19-9-3-5-10(6-4-9)24-14-13(16)20-11(7-17)12(8-18)21-14/h3-6H,1-2H3,(H,19,23). The molecule has 0 saturated heterocycles. The van der Waals surface area contributed by atoms with Crippen LogP contribution in [0.2, 0.25) is 5.15 Å². The Morgan fingerprint density at radius 2 is 1.75 bits per heavy atom. The van der Waals surface area contributed by atoms with Crippen molar-refractivity contribution in [3.63, 3.8) is 0 Å². The molecule has 9 heteroatoms. The van der Waals surface area contributed by atoms with Gasteiger partial charge >= 0.3 is 6.03 Å². The molecule has 0 radical (unpaired) electrons. The van der Waals surface area contributed by atoms with E-state index in [9.17, 15) is 4.79 Å². The highest BCUT2D eigenvalue weighted by Gasteiger charge is 2.14. The fourth-order valence-electron chi connectivity index (χ4n) is 1.57. The molecule has 1 aromatic heterocycles. The molecule has 2 aromatic rings. The fourth-order valence-corrected chi connectivity index (χ4v) is 1.74. The van der Waals surface area contributed by atoms with Crippen molar-refractivity contribution in [1.29, 1.82) is 10.5 Å². The van der Waals surface area contributed by atoms with Crippen molar-refractivity contribution in [3.05, 3.63) is 40.8 Å². The first-order valence-corrected chi connectivity index (χ1v) is 6.96. The molecule has 1 heterocycles. The second-order valence-corrected chi connectivity index (χ2v) is 5.05. The topological polar surface area (TPSA) is 115 Å². The van der Waals surface area contributed by atoms with Crippen LogP contribution in [0.4, 0.5) is 10.5 Å². The van der Waals surface area contributed by atoms with E-state index in [1.165, 1.54) is 4.90 Å². The molecule has 120 valence electrons. The summed E-state index contributed by atoms with van der Waals surface area (Å²) in [6, 6.07) is 9.67. The number of hydrogen-bond acceptors (Lipinski definition) is 6. The predicted molar refractivity (Wildman–Crippen MR) is 85.7 cm³/mol. The molecule has 0 unspecified atom stereocenters. The molecular formula is C15H11ClN6O2. The number of amides is 2.